The van der Waals surface area contributed by atoms with Gasteiger partial charge in [0.2, 0.25) is 20.0 Å². The fraction of sp³-hybridized carbons (Fsp3) is 0.462. The Balaban J connectivity index is 0.000000121. The summed E-state index contributed by atoms with van der Waals surface area (Å²) in [6, 6.07) is 20.4. The van der Waals surface area contributed by atoms with Gasteiger partial charge in [0, 0.05) is 171 Å². The summed E-state index contributed by atoms with van der Waals surface area (Å²) in [5, 5.41) is 16.7. The Bertz CT molecular complexity index is 4510. The van der Waals surface area contributed by atoms with Crippen LogP contribution in [0.5, 0.6) is 0 Å². The van der Waals surface area contributed by atoms with Gasteiger partial charge in [-0.15, -0.1) is 0 Å². The lowest BCUT2D eigenvalue weighted by molar-refractivity contribution is -0.133. The summed E-state index contributed by atoms with van der Waals surface area (Å²) in [5.41, 5.74) is 6.48. The van der Waals surface area contributed by atoms with E-state index in [0.717, 1.165) is 66.5 Å². The summed E-state index contributed by atoms with van der Waals surface area (Å²) in [5.74, 6) is -0.183. The number of aromatic amines is 3. The number of fused-ring (bicyclic) bond motifs is 6. The predicted octanol–water partition coefficient (Wildman–Crippen LogP) is 10.2. The number of aromatic nitrogens is 4. The van der Waals surface area contributed by atoms with Crippen LogP contribution < -0.4 is 30.2 Å². The zero-order chi connectivity index (χ0) is 67.8. The molecule has 24 nitrogen and oxygen atoms in total. The molecule has 508 valence electrons. The quantitative estimate of drug-likeness (QED) is 0.0886. The van der Waals surface area contributed by atoms with Gasteiger partial charge in [0.1, 0.15) is 11.1 Å². The minimum Gasteiger partial charge on any atom is -0.378 e. The van der Waals surface area contributed by atoms with Crippen molar-refractivity contribution in [1.29, 1.82) is 0 Å². The van der Waals surface area contributed by atoms with Crippen LogP contribution in [0.15, 0.2) is 89.8 Å². The molecule has 5 N–H and O–H groups in total. The van der Waals surface area contributed by atoms with Gasteiger partial charge in [-0.25, -0.2) is 26.4 Å². The molecule has 8 aromatic rings. The molecule has 2 bridgehead atoms. The van der Waals surface area contributed by atoms with Crippen LogP contribution in [-0.2, 0) is 34.4 Å². The molecule has 6 amide bonds. The van der Waals surface area contributed by atoms with Gasteiger partial charge in [-0.3, -0.25) is 19.4 Å². The van der Waals surface area contributed by atoms with Crippen LogP contribution in [-0.4, -0.2) is 205 Å². The number of hydrogen-bond acceptors (Lipinski definition) is 15. The van der Waals surface area contributed by atoms with E-state index < -0.39 is 36.7 Å². The van der Waals surface area contributed by atoms with E-state index in [-0.39, 0.29) is 42.0 Å². The number of benzene rings is 4. The summed E-state index contributed by atoms with van der Waals surface area (Å²) in [4.78, 5) is 70.6. The van der Waals surface area contributed by atoms with Crippen LogP contribution in [0, 0.1) is 6.92 Å². The average molecular weight is 1420 g/mol. The number of amides is 6. The van der Waals surface area contributed by atoms with E-state index in [1.165, 1.54) is 22.3 Å². The number of sulfonamides is 2. The van der Waals surface area contributed by atoms with Crippen molar-refractivity contribution in [2.45, 2.75) is 102 Å². The summed E-state index contributed by atoms with van der Waals surface area (Å²) >= 11 is 25.0. The molecule has 11 heterocycles. The third kappa shape index (κ3) is 13.2. The van der Waals surface area contributed by atoms with E-state index in [9.17, 15) is 36.0 Å². The van der Waals surface area contributed by atoms with Crippen LogP contribution in [0.4, 0.5) is 32.3 Å². The van der Waals surface area contributed by atoms with Crippen LogP contribution >= 0.6 is 46.4 Å². The summed E-state index contributed by atoms with van der Waals surface area (Å²) in [6.07, 6.45) is 10.6. The van der Waals surface area contributed by atoms with E-state index in [1.54, 1.807) is 8.61 Å². The largest absolute Gasteiger partial charge is 0.378 e. The summed E-state index contributed by atoms with van der Waals surface area (Å²) in [6.45, 7) is 18.1. The van der Waals surface area contributed by atoms with Crippen LogP contribution in [0.25, 0.3) is 43.7 Å². The van der Waals surface area contributed by atoms with Gasteiger partial charge in [0.05, 0.1) is 49.2 Å². The highest BCUT2D eigenvalue weighted by molar-refractivity contribution is 7.88. The Morgan fingerprint density at radius 2 is 1.03 bits per heavy atom. The number of carbonyl (C=O) groups excluding carboxylic acids is 4. The zero-order valence-corrected chi connectivity index (χ0v) is 58.7. The molecule has 7 aliphatic heterocycles. The van der Waals surface area contributed by atoms with E-state index in [2.05, 4.69) is 50.3 Å². The molecule has 30 heteroatoms. The Kier molecular flexibility index (Phi) is 18.7. The third-order valence-corrected chi connectivity index (χ3v) is 22.9. The number of rotatable bonds is 8. The molecule has 0 aliphatic carbocycles. The fourth-order valence-corrected chi connectivity index (χ4v) is 18.4. The number of morpholine rings is 1. The Morgan fingerprint density at radius 3 is 1.46 bits per heavy atom. The number of halogens is 4. The molecule has 2 atom stereocenters. The maximum absolute atomic E-state index is 12.8. The number of piperazine rings is 2. The molecule has 4 aromatic heterocycles. The molecular weight excluding hydrogens is 1340 g/mol. The second kappa shape index (κ2) is 26.1. The van der Waals surface area contributed by atoms with E-state index >= 15 is 0 Å². The molecule has 15 rings (SSSR count). The zero-order valence-electron chi connectivity index (χ0n) is 54.1. The Labute approximate surface area is 571 Å². The van der Waals surface area contributed by atoms with Gasteiger partial charge in [0.15, 0.2) is 5.58 Å². The van der Waals surface area contributed by atoms with E-state index in [4.69, 9.17) is 55.7 Å². The number of urea groups is 2. The van der Waals surface area contributed by atoms with Gasteiger partial charge < -0.3 is 54.4 Å². The van der Waals surface area contributed by atoms with Gasteiger partial charge in [0.25, 0.3) is 11.8 Å². The minimum absolute atomic E-state index is 0.0902. The number of anilines is 4. The van der Waals surface area contributed by atoms with Gasteiger partial charge >= 0.3 is 12.1 Å². The minimum atomic E-state index is -3.24. The van der Waals surface area contributed by atoms with Crippen molar-refractivity contribution in [3.8, 4) is 0 Å². The van der Waals surface area contributed by atoms with Crippen molar-refractivity contribution in [3.05, 3.63) is 111 Å². The maximum Gasteiger partial charge on any atom is 0.325 e. The first-order valence-electron chi connectivity index (χ1n) is 31.7. The lowest BCUT2D eigenvalue weighted by atomic mass is 9.87. The van der Waals surface area contributed by atoms with Crippen LogP contribution in [0.2, 0.25) is 20.1 Å². The van der Waals surface area contributed by atoms with Crippen molar-refractivity contribution < 1.29 is 45.3 Å². The molecule has 0 radical (unpaired) electrons. The van der Waals surface area contributed by atoms with Crippen LogP contribution in [0.1, 0.15) is 66.0 Å². The molecule has 95 heavy (non-hydrogen) atoms. The smallest absolute Gasteiger partial charge is 0.325 e. The highest BCUT2D eigenvalue weighted by Gasteiger charge is 2.54. The van der Waals surface area contributed by atoms with Crippen molar-refractivity contribution in [3.63, 3.8) is 0 Å². The Hall–Kier alpha value is -7.01. The number of hydrogen-bond donors (Lipinski definition) is 5. The number of carbonyl (C=O) groups is 4. The molecule has 0 saturated carbocycles. The summed E-state index contributed by atoms with van der Waals surface area (Å²) in [7, 11) is -6.48. The van der Waals surface area contributed by atoms with Crippen molar-refractivity contribution >= 4 is 157 Å². The van der Waals surface area contributed by atoms with E-state index in [1.807, 2.05) is 127 Å². The van der Waals surface area contributed by atoms with E-state index in [0.29, 0.717) is 130 Å². The number of nitrogens with one attached hydrogen (secondary N) is 5. The maximum atomic E-state index is 12.8. The first-order chi connectivity index (χ1) is 45.0. The van der Waals surface area contributed by atoms with Crippen molar-refractivity contribution in [1.82, 2.24) is 49.2 Å². The second-order valence-corrected chi connectivity index (χ2v) is 31.9. The predicted molar refractivity (Wildman–Crippen MR) is 374 cm³/mol. The number of ether oxygens (including phenoxy) is 1. The Morgan fingerprint density at radius 1 is 0.579 bits per heavy atom. The summed E-state index contributed by atoms with van der Waals surface area (Å²) < 4.78 is 62.3. The number of H-pyrrole nitrogens is 3. The van der Waals surface area contributed by atoms with Gasteiger partial charge in [-0.1, -0.05) is 51.6 Å². The number of piperidine rings is 2. The van der Waals surface area contributed by atoms with Gasteiger partial charge in [-0.05, 0) is 134 Å². The SMILES string of the molecule is CC(C)N1C(=O)NC2(CCN(c3cc(Cl)cc4[nH]ccc34)CC2)C1=O.CCN1C(=O)NC2(CCN(c3cc(Cl)cc4[nH]ccc34)CC2)C1=O.CS(=O)(=O)N1C2COCC1CN(c1cc(Cl)cc3[nH]ccc13)C2.Cc1noc2c(N3CCN(S(C)(=O)=O)C(C)(C)C3)cc(Cl)cc12. The molecular formula is C65H78Cl4N14O10S2. The molecule has 4 aromatic carbocycles. The molecule has 7 aliphatic rings. The molecule has 2 unspecified atom stereocenters. The fourth-order valence-electron chi connectivity index (χ4n) is 14.8. The first-order valence-corrected chi connectivity index (χ1v) is 36.9. The number of nitrogens with zero attached hydrogens (tertiary/aromatic N) is 9. The standard InChI is InChI=1S/C18H21ClN4O2.C17H19ClN4O2.C15H18ClN3O3S.C15H20ClN3O3S/c1-11(2)23-16(24)18(21-17(23)25)4-7-22(8-5-18)15-10-12(19)9-14-13(15)3-6-20-14;1-2-22-15(23)17(20-16(22)24)4-7-21(8-5-17)14-10-11(18)9-13-12(14)3-6-19-13;1-23(20,21)19-11-6-18(7-12(19)9-22-8-11)15-5-10(16)4-14-13(15)2-3-17-14;1-10-12-7-11(16)8-13(14(12)22-17-10)18-5-6-19(23(4,20)21)15(2,3)9-18/h3,6,9-11,20H,4-5,7-8H2,1-2H3,(H,21,25);3,6,9-10,19H,2,4-5,7-8H2,1H3,(H,20,24);2-5,11-12,17H,6-9H2,1H3;7-8H,5-6,9H2,1-4H3. The highest BCUT2D eigenvalue weighted by atomic mass is 35.5. The number of imide groups is 2. The van der Waals surface area contributed by atoms with Gasteiger partial charge in [-0.2, -0.15) is 8.61 Å². The third-order valence-electron chi connectivity index (χ3n) is 19.2. The lowest BCUT2D eigenvalue weighted by Crippen LogP contribution is -2.66. The number of likely N-dealkylation sites (N-methyl/N-ethyl adjacent to an activating group) is 1. The average Bonchev–Trinajstić information content (AvgIpc) is 1.76. The monoisotopic (exact) mass is 1420 g/mol. The highest BCUT2D eigenvalue weighted by Crippen LogP contribution is 2.41. The topological polar surface area (TPSA) is 269 Å². The van der Waals surface area contributed by atoms with Crippen molar-refractivity contribution in [2.24, 2.45) is 0 Å². The first kappa shape index (κ1) is 67.9. The van der Waals surface area contributed by atoms with Crippen molar-refractivity contribution in [2.75, 3.05) is 111 Å². The normalized spacial score (nSPS) is 21.4. The lowest BCUT2D eigenvalue weighted by Gasteiger charge is -2.49. The number of aryl methyl sites for hydroxylation is 1. The second-order valence-electron chi connectivity index (χ2n) is 26.4. The molecule has 7 fully saturated rings. The molecule has 2 spiro atoms. The van der Waals surface area contributed by atoms with Crippen LogP contribution in [0.3, 0.4) is 0 Å². The molecule has 7 saturated heterocycles.